The molecule has 10 heteroatoms. The third-order valence-electron chi connectivity index (χ3n) is 5.18. The second-order valence-corrected chi connectivity index (χ2v) is 9.16. The topological polar surface area (TPSA) is 113 Å². The number of rotatable bonds is 6. The van der Waals surface area contributed by atoms with Gasteiger partial charge in [-0.15, -0.1) is 0 Å². The van der Waals surface area contributed by atoms with Gasteiger partial charge in [0.15, 0.2) is 0 Å². The molecular formula is C20H24N4O5S. The van der Waals surface area contributed by atoms with E-state index in [0.717, 1.165) is 5.56 Å². The third kappa shape index (κ3) is 4.84. The van der Waals surface area contributed by atoms with E-state index in [1.165, 1.54) is 22.5 Å². The van der Waals surface area contributed by atoms with Gasteiger partial charge in [-0.05, 0) is 32.0 Å². The SMILES string of the molecule is Cc1ccc(S(=O)(=O)N2CCN([C@H](C)C(=O)Nc3cccc([N+](=O)[O-])c3)CC2)cc1. The Bertz CT molecular complexity index is 1030. The average molecular weight is 433 g/mol. The molecule has 1 amide bonds. The lowest BCUT2D eigenvalue weighted by molar-refractivity contribution is -0.384. The molecule has 0 bridgehead atoms. The summed E-state index contributed by atoms with van der Waals surface area (Å²) >= 11 is 0. The molecule has 1 fully saturated rings. The lowest BCUT2D eigenvalue weighted by Gasteiger charge is -2.36. The first kappa shape index (κ1) is 21.9. The van der Waals surface area contributed by atoms with Crippen LogP contribution in [0.4, 0.5) is 11.4 Å². The maximum atomic E-state index is 12.8. The summed E-state index contributed by atoms with van der Waals surface area (Å²) in [4.78, 5) is 25.1. The molecular weight excluding hydrogens is 408 g/mol. The van der Waals surface area contributed by atoms with Crippen molar-refractivity contribution in [3.05, 3.63) is 64.2 Å². The van der Waals surface area contributed by atoms with Crippen molar-refractivity contribution in [3.8, 4) is 0 Å². The minimum atomic E-state index is -3.57. The predicted octanol–water partition coefficient (Wildman–Crippen LogP) is 2.24. The van der Waals surface area contributed by atoms with Crippen LogP contribution in [0.1, 0.15) is 12.5 Å². The number of nitrogens with one attached hydrogen (secondary N) is 1. The Morgan fingerprint density at radius 1 is 1.10 bits per heavy atom. The van der Waals surface area contributed by atoms with Crippen molar-refractivity contribution >= 4 is 27.3 Å². The Balaban J connectivity index is 1.60. The van der Waals surface area contributed by atoms with E-state index in [2.05, 4.69) is 5.32 Å². The van der Waals surface area contributed by atoms with Crippen molar-refractivity contribution < 1.29 is 18.1 Å². The first-order valence-corrected chi connectivity index (χ1v) is 11.0. The van der Waals surface area contributed by atoms with Gasteiger partial charge in [0.2, 0.25) is 15.9 Å². The largest absolute Gasteiger partial charge is 0.324 e. The van der Waals surface area contributed by atoms with Crippen LogP contribution in [0, 0.1) is 17.0 Å². The highest BCUT2D eigenvalue weighted by atomic mass is 32.2. The number of sulfonamides is 1. The summed E-state index contributed by atoms with van der Waals surface area (Å²) in [5.41, 5.74) is 1.24. The van der Waals surface area contributed by atoms with Gasteiger partial charge in [0.1, 0.15) is 0 Å². The van der Waals surface area contributed by atoms with Crippen molar-refractivity contribution in [3.63, 3.8) is 0 Å². The number of hydrogen-bond donors (Lipinski definition) is 1. The van der Waals surface area contributed by atoms with Crippen LogP contribution in [0.25, 0.3) is 0 Å². The number of carbonyl (C=O) groups is 1. The number of nitro groups is 1. The van der Waals surface area contributed by atoms with E-state index in [4.69, 9.17) is 0 Å². The summed E-state index contributed by atoms with van der Waals surface area (Å²) in [7, 11) is -3.57. The fraction of sp³-hybridized carbons (Fsp3) is 0.350. The highest BCUT2D eigenvalue weighted by Gasteiger charge is 2.31. The number of aryl methyl sites for hydroxylation is 1. The molecule has 30 heavy (non-hydrogen) atoms. The van der Waals surface area contributed by atoms with Crippen LogP contribution in [0.15, 0.2) is 53.4 Å². The molecule has 0 radical (unpaired) electrons. The van der Waals surface area contributed by atoms with E-state index in [1.807, 2.05) is 11.8 Å². The van der Waals surface area contributed by atoms with Gasteiger partial charge in [0.05, 0.1) is 15.9 Å². The quantitative estimate of drug-likeness (QED) is 0.553. The molecule has 3 rings (SSSR count). The summed E-state index contributed by atoms with van der Waals surface area (Å²) in [5.74, 6) is -0.301. The Morgan fingerprint density at radius 3 is 2.33 bits per heavy atom. The molecule has 2 aromatic carbocycles. The smallest absolute Gasteiger partial charge is 0.271 e. The van der Waals surface area contributed by atoms with Crippen molar-refractivity contribution in [2.24, 2.45) is 0 Å². The van der Waals surface area contributed by atoms with Crippen molar-refractivity contribution in [1.29, 1.82) is 0 Å². The Morgan fingerprint density at radius 2 is 1.73 bits per heavy atom. The summed E-state index contributed by atoms with van der Waals surface area (Å²) in [6.45, 7) is 5.02. The Kier molecular flexibility index (Phi) is 6.49. The number of amides is 1. The van der Waals surface area contributed by atoms with E-state index < -0.39 is 21.0 Å². The fourth-order valence-electron chi connectivity index (χ4n) is 3.30. The van der Waals surface area contributed by atoms with Crippen LogP contribution >= 0.6 is 0 Å². The molecule has 0 aliphatic carbocycles. The van der Waals surface area contributed by atoms with E-state index in [0.29, 0.717) is 18.8 Å². The number of hydrogen-bond acceptors (Lipinski definition) is 6. The summed E-state index contributed by atoms with van der Waals surface area (Å²) < 4.78 is 27.1. The maximum absolute atomic E-state index is 12.8. The van der Waals surface area contributed by atoms with Crippen LogP contribution in [0.5, 0.6) is 0 Å². The van der Waals surface area contributed by atoms with Crippen LogP contribution < -0.4 is 5.32 Å². The normalized spacial score (nSPS) is 16.7. The maximum Gasteiger partial charge on any atom is 0.271 e. The van der Waals surface area contributed by atoms with Crippen molar-refractivity contribution in [1.82, 2.24) is 9.21 Å². The molecule has 1 aliphatic rings. The number of nitro benzene ring substituents is 1. The molecule has 1 atom stereocenters. The van der Waals surface area contributed by atoms with Gasteiger partial charge in [0, 0.05) is 44.0 Å². The van der Waals surface area contributed by atoms with Gasteiger partial charge < -0.3 is 5.32 Å². The van der Waals surface area contributed by atoms with Crippen LogP contribution in [-0.2, 0) is 14.8 Å². The van der Waals surface area contributed by atoms with E-state index >= 15 is 0 Å². The second-order valence-electron chi connectivity index (χ2n) is 7.23. The van der Waals surface area contributed by atoms with E-state index in [1.54, 1.807) is 37.3 Å². The van der Waals surface area contributed by atoms with Gasteiger partial charge in [0.25, 0.3) is 5.69 Å². The van der Waals surface area contributed by atoms with Crippen molar-refractivity contribution in [2.45, 2.75) is 24.8 Å². The molecule has 0 unspecified atom stereocenters. The lowest BCUT2D eigenvalue weighted by atomic mass is 10.2. The number of carbonyl (C=O) groups excluding carboxylic acids is 1. The van der Waals surface area contributed by atoms with E-state index in [9.17, 15) is 23.3 Å². The molecule has 1 N–H and O–H groups in total. The van der Waals surface area contributed by atoms with Gasteiger partial charge in [-0.3, -0.25) is 19.8 Å². The molecule has 9 nitrogen and oxygen atoms in total. The summed E-state index contributed by atoms with van der Waals surface area (Å²) in [6, 6.07) is 12.0. The zero-order chi connectivity index (χ0) is 21.9. The lowest BCUT2D eigenvalue weighted by Crippen LogP contribution is -2.53. The molecule has 0 aromatic heterocycles. The highest BCUT2D eigenvalue weighted by Crippen LogP contribution is 2.20. The molecule has 1 saturated heterocycles. The Hall–Kier alpha value is -2.82. The van der Waals surface area contributed by atoms with Crippen LogP contribution in [0.2, 0.25) is 0 Å². The van der Waals surface area contributed by atoms with Gasteiger partial charge in [-0.25, -0.2) is 8.42 Å². The average Bonchev–Trinajstić information content (AvgIpc) is 2.73. The van der Waals surface area contributed by atoms with E-state index in [-0.39, 0.29) is 29.6 Å². The fourth-order valence-corrected chi connectivity index (χ4v) is 4.72. The monoisotopic (exact) mass is 432 g/mol. The van der Waals surface area contributed by atoms with Crippen LogP contribution in [-0.4, -0.2) is 60.7 Å². The Labute approximate surface area is 175 Å². The van der Waals surface area contributed by atoms with Crippen LogP contribution in [0.3, 0.4) is 0 Å². The number of nitrogens with zero attached hydrogens (tertiary/aromatic N) is 3. The first-order valence-electron chi connectivity index (χ1n) is 9.54. The number of piperazine rings is 1. The minimum absolute atomic E-state index is 0.102. The molecule has 160 valence electrons. The molecule has 2 aromatic rings. The first-order chi connectivity index (χ1) is 14.2. The van der Waals surface area contributed by atoms with Gasteiger partial charge >= 0.3 is 0 Å². The number of anilines is 1. The van der Waals surface area contributed by atoms with Crippen molar-refractivity contribution in [2.75, 3.05) is 31.5 Å². The number of non-ortho nitro benzene ring substituents is 1. The number of benzene rings is 2. The third-order valence-corrected chi connectivity index (χ3v) is 7.10. The minimum Gasteiger partial charge on any atom is -0.324 e. The second kappa shape index (κ2) is 8.90. The van der Waals surface area contributed by atoms with Gasteiger partial charge in [-0.2, -0.15) is 4.31 Å². The van der Waals surface area contributed by atoms with Gasteiger partial charge in [-0.1, -0.05) is 23.8 Å². The zero-order valence-corrected chi connectivity index (χ0v) is 17.6. The zero-order valence-electron chi connectivity index (χ0n) is 16.8. The predicted molar refractivity (Wildman–Crippen MR) is 113 cm³/mol. The standard InChI is InChI=1S/C20H24N4O5S/c1-15-6-8-19(9-7-15)30(28,29)23-12-10-22(11-13-23)16(2)20(25)21-17-4-3-5-18(14-17)24(26)27/h3-9,14,16H,10-13H2,1-2H3,(H,21,25)/t16-/m1/s1. The summed E-state index contributed by atoms with van der Waals surface area (Å²) in [6.07, 6.45) is 0. The summed E-state index contributed by atoms with van der Waals surface area (Å²) in [5, 5.41) is 13.6. The molecule has 1 aliphatic heterocycles. The molecule has 0 saturated carbocycles. The molecule has 0 spiro atoms. The molecule has 1 heterocycles. The highest BCUT2D eigenvalue weighted by molar-refractivity contribution is 7.89.